The number of para-hydroxylation sites is 1. The van der Waals surface area contributed by atoms with Crippen LogP contribution in [0.15, 0.2) is 30.8 Å². The first-order chi connectivity index (χ1) is 6.96. The number of hydrogen-bond donors (Lipinski definition) is 0. The van der Waals surface area contributed by atoms with E-state index in [0.29, 0.717) is 0 Å². The number of amides is 1. The maximum atomic E-state index is 12.1. The molecule has 0 spiro atoms. The summed E-state index contributed by atoms with van der Waals surface area (Å²) in [4.78, 5) is 13.8. The van der Waals surface area contributed by atoms with Crippen molar-refractivity contribution in [2.45, 2.75) is 13.8 Å². The molecule has 2 heteroatoms. The Morgan fingerprint density at radius 3 is 2.53 bits per heavy atom. The molecule has 1 aliphatic rings. The first-order valence-electron chi connectivity index (χ1n) is 5.03. The smallest absolute Gasteiger partial charge is 0.236 e. The summed E-state index contributed by atoms with van der Waals surface area (Å²) in [6, 6.07) is 7.88. The van der Waals surface area contributed by atoms with Crippen LogP contribution < -0.4 is 4.90 Å². The monoisotopic (exact) mass is 201 g/mol. The largest absolute Gasteiger partial charge is 0.314 e. The van der Waals surface area contributed by atoms with E-state index in [1.165, 1.54) is 0 Å². The molecule has 78 valence electrons. The Hall–Kier alpha value is -1.57. The fourth-order valence-electron chi connectivity index (χ4n) is 2.02. The van der Waals surface area contributed by atoms with Gasteiger partial charge in [-0.1, -0.05) is 24.8 Å². The Morgan fingerprint density at radius 2 is 1.87 bits per heavy atom. The lowest BCUT2D eigenvalue weighted by molar-refractivity contribution is -0.123. The molecule has 1 amide bonds. The van der Waals surface area contributed by atoms with E-state index in [1.807, 2.05) is 45.2 Å². The molecule has 1 heterocycles. The molecule has 0 N–H and O–H groups in total. The van der Waals surface area contributed by atoms with E-state index in [9.17, 15) is 4.79 Å². The van der Waals surface area contributed by atoms with Crippen LogP contribution in [0.3, 0.4) is 0 Å². The van der Waals surface area contributed by atoms with E-state index in [4.69, 9.17) is 0 Å². The van der Waals surface area contributed by atoms with Crippen LogP contribution >= 0.6 is 0 Å². The Bertz CT molecular complexity index is 446. The van der Waals surface area contributed by atoms with Crippen molar-refractivity contribution in [1.29, 1.82) is 0 Å². The molecule has 1 aliphatic heterocycles. The minimum atomic E-state index is -0.497. The van der Waals surface area contributed by atoms with E-state index in [1.54, 1.807) is 4.90 Å². The van der Waals surface area contributed by atoms with Crippen LogP contribution in [0, 0.1) is 5.41 Å². The average molecular weight is 201 g/mol. The highest BCUT2D eigenvalue weighted by Gasteiger charge is 2.39. The quantitative estimate of drug-likeness (QED) is 0.632. The van der Waals surface area contributed by atoms with Crippen molar-refractivity contribution in [2.75, 3.05) is 11.9 Å². The zero-order chi connectivity index (χ0) is 11.2. The van der Waals surface area contributed by atoms with Gasteiger partial charge in [-0.15, -0.1) is 0 Å². The first kappa shape index (κ1) is 9.97. The van der Waals surface area contributed by atoms with E-state index < -0.39 is 5.41 Å². The highest BCUT2D eigenvalue weighted by atomic mass is 16.2. The molecular weight excluding hydrogens is 186 g/mol. The van der Waals surface area contributed by atoms with Gasteiger partial charge in [-0.2, -0.15) is 0 Å². The highest BCUT2D eigenvalue weighted by Crippen LogP contribution is 2.43. The summed E-state index contributed by atoms with van der Waals surface area (Å²) in [5, 5.41) is 0. The maximum Gasteiger partial charge on any atom is 0.236 e. The Balaban J connectivity index is 2.68. The van der Waals surface area contributed by atoms with E-state index >= 15 is 0 Å². The zero-order valence-corrected chi connectivity index (χ0v) is 9.37. The lowest BCUT2D eigenvalue weighted by Gasteiger charge is -2.38. The SMILES string of the molecule is C=C1c2ccccc2N(C)C(=O)C1(C)C. The topological polar surface area (TPSA) is 20.3 Å². The third kappa shape index (κ3) is 1.21. The molecule has 15 heavy (non-hydrogen) atoms. The van der Waals surface area contributed by atoms with Crippen molar-refractivity contribution < 1.29 is 4.79 Å². The highest BCUT2D eigenvalue weighted by molar-refractivity contribution is 6.10. The second-order valence-electron chi connectivity index (χ2n) is 4.48. The van der Waals surface area contributed by atoms with Crippen LogP contribution in [0.25, 0.3) is 5.57 Å². The fourth-order valence-corrected chi connectivity index (χ4v) is 2.02. The second-order valence-corrected chi connectivity index (χ2v) is 4.48. The number of carbonyl (C=O) groups is 1. The van der Waals surface area contributed by atoms with Crippen LogP contribution in [0.4, 0.5) is 5.69 Å². The average Bonchev–Trinajstić information content (AvgIpc) is 2.24. The van der Waals surface area contributed by atoms with Gasteiger partial charge < -0.3 is 4.90 Å². The minimum Gasteiger partial charge on any atom is -0.314 e. The molecule has 0 fully saturated rings. The molecule has 0 aromatic heterocycles. The predicted molar refractivity (Wildman–Crippen MR) is 62.7 cm³/mol. The van der Waals surface area contributed by atoms with Gasteiger partial charge in [0.25, 0.3) is 0 Å². The number of nitrogens with zero attached hydrogens (tertiary/aromatic N) is 1. The molecule has 0 radical (unpaired) electrons. The van der Waals surface area contributed by atoms with E-state index in [2.05, 4.69) is 6.58 Å². The molecule has 0 unspecified atom stereocenters. The Labute approximate surface area is 90.2 Å². The number of rotatable bonds is 0. The summed E-state index contributed by atoms with van der Waals surface area (Å²) in [6.07, 6.45) is 0. The molecule has 0 aliphatic carbocycles. The number of carbonyl (C=O) groups excluding carboxylic acids is 1. The fraction of sp³-hybridized carbons (Fsp3) is 0.308. The zero-order valence-electron chi connectivity index (χ0n) is 9.37. The number of anilines is 1. The van der Waals surface area contributed by atoms with Gasteiger partial charge in [0.2, 0.25) is 5.91 Å². The summed E-state index contributed by atoms with van der Waals surface area (Å²) in [5.74, 6) is 0.103. The predicted octanol–water partition coefficient (Wildman–Crippen LogP) is 2.70. The lowest BCUT2D eigenvalue weighted by atomic mass is 9.76. The number of hydrogen-bond acceptors (Lipinski definition) is 1. The van der Waals surface area contributed by atoms with Crippen molar-refractivity contribution in [3.05, 3.63) is 36.4 Å². The molecule has 1 aromatic carbocycles. The molecule has 2 rings (SSSR count). The van der Waals surface area contributed by atoms with Gasteiger partial charge in [0.15, 0.2) is 0 Å². The molecular formula is C13H15NO. The van der Waals surface area contributed by atoms with Crippen molar-refractivity contribution in [3.8, 4) is 0 Å². The summed E-state index contributed by atoms with van der Waals surface area (Å²) in [5.41, 5.74) is 2.43. The summed E-state index contributed by atoms with van der Waals surface area (Å²) in [7, 11) is 1.81. The molecule has 0 bridgehead atoms. The minimum absolute atomic E-state index is 0.103. The molecule has 0 saturated heterocycles. The van der Waals surface area contributed by atoms with Crippen LogP contribution in [-0.2, 0) is 4.79 Å². The van der Waals surface area contributed by atoms with Crippen LogP contribution in [0.2, 0.25) is 0 Å². The van der Waals surface area contributed by atoms with Crippen molar-refractivity contribution in [1.82, 2.24) is 0 Å². The van der Waals surface area contributed by atoms with Crippen molar-refractivity contribution >= 4 is 17.2 Å². The molecule has 0 atom stereocenters. The third-order valence-electron chi connectivity index (χ3n) is 3.18. The van der Waals surface area contributed by atoms with Crippen LogP contribution in [-0.4, -0.2) is 13.0 Å². The van der Waals surface area contributed by atoms with Gasteiger partial charge in [0.05, 0.1) is 11.1 Å². The van der Waals surface area contributed by atoms with Gasteiger partial charge >= 0.3 is 0 Å². The summed E-state index contributed by atoms with van der Waals surface area (Å²) >= 11 is 0. The second kappa shape index (κ2) is 2.96. The van der Waals surface area contributed by atoms with Gasteiger partial charge in [-0.05, 0) is 25.5 Å². The van der Waals surface area contributed by atoms with E-state index in [0.717, 1.165) is 16.8 Å². The van der Waals surface area contributed by atoms with Crippen LogP contribution in [0.1, 0.15) is 19.4 Å². The first-order valence-corrected chi connectivity index (χ1v) is 5.03. The van der Waals surface area contributed by atoms with Gasteiger partial charge in [0, 0.05) is 12.6 Å². The van der Waals surface area contributed by atoms with Crippen molar-refractivity contribution in [3.63, 3.8) is 0 Å². The normalized spacial score (nSPS) is 19.0. The maximum absolute atomic E-state index is 12.1. The van der Waals surface area contributed by atoms with Gasteiger partial charge in [0.1, 0.15) is 0 Å². The number of benzene rings is 1. The van der Waals surface area contributed by atoms with Crippen molar-refractivity contribution in [2.24, 2.45) is 5.41 Å². The Morgan fingerprint density at radius 1 is 1.27 bits per heavy atom. The molecule has 0 saturated carbocycles. The standard InChI is InChI=1S/C13H15NO/c1-9-10-7-5-6-8-11(10)14(4)12(15)13(9,2)3/h5-8H,1H2,2-4H3. The number of fused-ring (bicyclic) bond motifs is 1. The summed E-state index contributed by atoms with van der Waals surface area (Å²) < 4.78 is 0. The van der Waals surface area contributed by atoms with Gasteiger partial charge in [-0.3, -0.25) is 4.79 Å². The lowest BCUT2D eigenvalue weighted by Crippen LogP contribution is -2.43. The van der Waals surface area contributed by atoms with E-state index in [-0.39, 0.29) is 5.91 Å². The van der Waals surface area contributed by atoms with Crippen LogP contribution in [0.5, 0.6) is 0 Å². The molecule has 1 aromatic rings. The Kier molecular flexibility index (Phi) is 1.97. The molecule has 2 nitrogen and oxygen atoms in total. The summed E-state index contributed by atoms with van der Waals surface area (Å²) in [6.45, 7) is 7.89. The van der Waals surface area contributed by atoms with Gasteiger partial charge in [-0.25, -0.2) is 0 Å². The third-order valence-corrected chi connectivity index (χ3v) is 3.18.